The van der Waals surface area contributed by atoms with Crippen molar-refractivity contribution in [2.75, 3.05) is 11.9 Å². The summed E-state index contributed by atoms with van der Waals surface area (Å²) in [6, 6.07) is 15.7. The van der Waals surface area contributed by atoms with Crippen LogP contribution in [0.3, 0.4) is 0 Å². The summed E-state index contributed by atoms with van der Waals surface area (Å²) in [7, 11) is 0. The number of pyridine rings is 1. The number of H-pyrrole nitrogens is 1. The number of halogens is 2. The first kappa shape index (κ1) is 23.7. The standard InChI is InChI=1S/C27H26Cl2N4O2/c1-16(26-20(28)14-31-15-21(26)29)35-18-9-10-23(33-25-8-4-5-11-34-25)19(13-18)27(30)24-12-17-6-2-3-7-22(17)32-24/h2-3,6-7,9-10,12-16,25,30,32-33H,4-5,8,11H2,1H3. The molecule has 1 aliphatic rings. The summed E-state index contributed by atoms with van der Waals surface area (Å²) in [5, 5.41) is 14.5. The van der Waals surface area contributed by atoms with Crippen LogP contribution in [0.1, 0.15) is 49.1 Å². The monoisotopic (exact) mass is 508 g/mol. The Morgan fingerprint density at radius 1 is 1.14 bits per heavy atom. The lowest BCUT2D eigenvalue weighted by molar-refractivity contribution is 0.0343. The molecule has 0 saturated carbocycles. The lowest BCUT2D eigenvalue weighted by Crippen LogP contribution is -2.28. The van der Waals surface area contributed by atoms with Crippen molar-refractivity contribution in [2.24, 2.45) is 0 Å². The van der Waals surface area contributed by atoms with Gasteiger partial charge in [0.25, 0.3) is 0 Å². The van der Waals surface area contributed by atoms with Crippen molar-refractivity contribution < 1.29 is 9.47 Å². The van der Waals surface area contributed by atoms with Gasteiger partial charge < -0.3 is 19.8 Å². The van der Waals surface area contributed by atoms with Gasteiger partial charge in [0.2, 0.25) is 0 Å². The van der Waals surface area contributed by atoms with Gasteiger partial charge in [-0.3, -0.25) is 10.4 Å². The van der Waals surface area contributed by atoms with E-state index in [4.69, 9.17) is 38.1 Å². The van der Waals surface area contributed by atoms with Crippen LogP contribution in [0.4, 0.5) is 5.69 Å². The Balaban J connectivity index is 1.48. The van der Waals surface area contributed by atoms with Crippen molar-refractivity contribution in [3.8, 4) is 5.75 Å². The van der Waals surface area contributed by atoms with E-state index in [0.29, 0.717) is 32.6 Å². The van der Waals surface area contributed by atoms with Gasteiger partial charge in [0, 0.05) is 46.7 Å². The topological polar surface area (TPSA) is 83.0 Å². The zero-order valence-electron chi connectivity index (χ0n) is 19.3. The molecule has 1 fully saturated rings. The summed E-state index contributed by atoms with van der Waals surface area (Å²) in [5.41, 5.74) is 4.28. The molecule has 3 heterocycles. The number of hydrogen-bond acceptors (Lipinski definition) is 5. The van der Waals surface area contributed by atoms with Crippen molar-refractivity contribution >= 4 is 45.5 Å². The van der Waals surface area contributed by atoms with Crippen LogP contribution in [0.25, 0.3) is 10.9 Å². The molecule has 0 bridgehead atoms. The average molecular weight is 509 g/mol. The van der Waals surface area contributed by atoms with E-state index in [0.717, 1.165) is 48.2 Å². The average Bonchev–Trinajstić information content (AvgIpc) is 3.29. The molecule has 0 radical (unpaired) electrons. The summed E-state index contributed by atoms with van der Waals surface area (Å²) in [5.74, 6) is 0.604. The summed E-state index contributed by atoms with van der Waals surface area (Å²) in [6.45, 7) is 2.62. The second kappa shape index (κ2) is 10.3. The van der Waals surface area contributed by atoms with Crippen LogP contribution < -0.4 is 10.1 Å². The molecule has 0 amide bonds. The first-order valence-corrected chi connectivity index (χ1v) is 12.4. The number of aromatic nitrogens is 2. The number of hydrogen-bond donors (Lipinski definition) is 3. The maximum absolute atomic E-state index is 9.05. The maximum atomic E-state index is 9.05. The molecule has 5 rings (SSSR count). The largest absolute Gasteiger partial charge is 0.486 e. The third-order valence-corrected chi connectivity index (χ3v) is 6.77. The van der Waals surface area contributed by atoms with Crippen LogP contribution >= 0.6 is 23.2 Å². The van der Waals surface area contributed by atoms with Gasteiger partial charge in [-0.2, -0.15) is 0 Å². The van der Waals surface area contributed by atoms with Gasteiger partial charge in [0.1, 0.15) is 18.1 Å². The number of rotatable bonds is 7. The van der Waals surface area contributed by atoms with Gasteiger partial charge in [-0.25, -0.2) is 0 Å². The van der Waals surface area contributed by atoms with E-state index in [-0.39, 0.29) is 6.23 Å². The molecule has 0 aliphatic carbocycles. The van der Waals surface area contributed by atoms with Crippen molar-refractivity contribution in [3.05, 3.63) is 87.8 Å². The first-order valence-electron chi connectivity index (χ1n) is 11.6. The smallest absolute Gasteiger partial charge is 0.127 e. The van der Waals surface area contributed by atoms with Crippen LogP contribution in [0.15, 0.2) is 60.9 Å². The molecule has 6 nitrogen and oxygen atoms in total. The number of ether oxygens (including phenoxy) is 2. The van der Waals surface area contributed by atoms with Gasteiger partial charge in [-0.05, 0) is 56.5 Å². The van der Waals surface area contributed by atoms with Crippen LogP contribution in [-0.2, 0) is 4.74 Å². The Labute approximate surface area is 214 Å². The minimum Gasteiger partial charge on any atom is -0.486 e. The SMILES string of the molecule is CC(Oc1ccc(NC2CCCCO2)c(C(=N)c2cc3ccccc3[nH]2)c1)c1c(Cl)cncc1Cl. The maximum Gasteiger partial charge on any atom is 0.127 e. The number of aromatic amines is 1. The molecule has 4 aromatic rings. The minimum absolute atomic E-state index is 0.0851. The van der Waals surface area contributed by atoms with E-state index in [1.165, 1.54) is 0 Å². The molecule has 1 saturated heterocycles. The van der Waals surface area contributed by atoms with Crippen molar-refractivity contribution in [1.82, 2.24) is 9.97 Å². The van der Waals surface area contributed by atoms with Gasteiger partial charge in [0.15, 0.2) is 0 Å². The van der Waals surface area contributed by atoms with Crippen molar-refractivity contribution in [3.63, 3.8) is 0 Å². The van der Waals surface area contributed by atoms with E-state index < -0.39 is 6.10 Å². The Hall–Kier alpha value is -3.06. The second-order valence-electron chi connectivity index (χ2n) is 8.63. The predicted molar refractivity (Wildman–Crippen MR) is 141 cm³/mol. The Morgan fingerprint density at radius 2 is 1.94 bits per heavy atom. The fourth-order valence-corrected chi connectivity index (χ4v) is 5.06. The Morgan fingerprint density at radius 3 is 2.69 bits per heavy atom. The summed E-state index contributed by atoms with van der Waals surface area (Å²) >= 11 is 12.7. The van der Waals surface area contributed by atoms with Gasteiger partial charge >= 0.3 is 0 Å². The van der Waals surface area contributed by atoms with Crippen LogP contribution in [0.5, 0.6) is 5.75 Å². The van der Waals surface area contributed by atoms with Gasteiger partial charge in [-0.15, -0.1) is 0 Å². The second-order valence-corrected chi connectivity index (χ2v) is 9.44. The highest BCUT2D eigenvalue weighted by Crippen LogP contribution is 2.34. The number of anilines is 1. The lowest BCUT2D eigenvalue weighted by Gasteiger charge is -2.26. The highest BCUT2D eigenvalue weighted by atomic mass is 35.5. The molecule has 0 spiro atoms. The van der Waals surface area contributed by atoms with E-state index in [1.54, 1.807) is 12.4 Å². The van der Waals surface area contributed by atoms with Gasteiger partial charge in [0.05, 0.1) is 21.5 Å². The molecule has 8 heteroatoms. The van der Waals surface area contributed by atoms with Gasteiger partial charge in [-0.1, -0.05) is 41.4 Å². The molecule has 180 valence electrons. The normalized spacial score (nSPS) is 16.7. The van der Waals surface area contributed by atoms with Crippen LogP contribution in [0.2, 0.25) is 10.0 Å². The van der Waals surface area contributed by atoms with Crippen molar-refractivity contribution in [1.29, 1.82) is 5.41 Å². The number of nitrogens with zero attached hydrogens (tertiary/aromatic N) is 1. The molecule has 2 atom stereocenters. The minimum atomic E-state index is -0.409. The quantitative estimate of drug-likeness (QED) is 0.227. The zero-order chi connectivity index (χ0) is 24.4. The molecule has 35 heavy (non-hydrogen) atoms. The lowest BCUT2D eigenvalue weighted by atomic mass is 10.0. The highest BCUT2D eigenvalue weighted by Gasteiger charge is 2.21. The molecule has 1 aliphatic heterocycles. The van der Waals surface area contributed by atoms with Crippen molar-refractivity contribution in [2.45, 2.75) is 38.5 Å². The molecular weight excluding hydrogens is 483 g/mol. The zero-order valence-corrected chi connectivity index (χ0v) is 20.8. The number of fused-ring (bicyclic) bond motifs is 1. The Bertz CT molecular complexity index is 1310. The predicted octanol–water partition coefficient (Wildman–Crippen LogP) is 7.36. The van der Waals surface area contributed by atoms with E-state index >= 15 is 0 Å². The summed E-state index contributed by atoms with van der Waals surface area (Å²) in [4.78, 5) is 7.38. The van der Waals surface area contributed by atoms with E-state index in [9.17, 15) is 0 Å². The molecule has 2 aromatic carbocycles. The summed E-state index contributed by atoms with van der Waals surface area (Å²) in [6.07, 6.45) is 5.72. The molecule has 2 unspecified atom stereocenters. The Kier molecular flexibility index (Phi) is 6.95. The fraction of sp³-hybridized carbons (Fsp3) is 0.259. The first-order chi connectivity index (χ1) is 17.0. The third kappa shape index (κ3) is 5.15. The van der Waals surface area contributed by atoms with E-state index in [1.807, 2.05) is 55.5 Å². The van der Waals surface area contributed by atoms with Crippen LogP contribution in [-0.4, -0.2) is 28.5 Å². The highest BCUT2D eigenvalue weighted by molar-refractivity contribution is 6.35. The van der Waals surface area contributed by atoms with Crippen LogP contribution in [0, 0.1) is 5.41 Å². The number of benzene rings is 2. The fourth-order valence-electron chi connectivity index (χ4n) is 4.38. The summed E-state index contributed by atoms with van der Waals surface area (Å²) < 4.78 is 12.1. The third-order valence-electron chi connectivity index (χ3n) is 6.17. The number of nitrogens with one attached hydrogen (secondary N) is 3. The molecule has 3 N–H and O–H groups in total. The molecular formula is C27H26Cl2N4O2. The van der Waals surface area contributed by atoms with E-state index in [2.05, 4.69) is 15.3 Å². The molecule has 2 aromatic heterocycles. The number of para-hydroxylation sites is 1.